The van der Waals surface area contributed by atoms with Crippen molar-refractivity contribution in [2.45, 2.75) is 46.5 Å². The van der Waals surface area contributed by atoms with Gasteiger partial charge >= 0.3 is 37.4 Å². The average molecular weight is 262 g/mol. The quantitative estimate of drug-likeness (QED) is 0.345. The molecule has 0 aliphatic carbocycles. The molecule has 0 aliphatic rings. The van der Waals surface area contributed by atoms with E-state index in [1.165, 1.54) is 12.8 Å². The first-order chi connectivity index (χ1) is 7.18. The van der Waals surface area contributed by atoms with Crippen LogP contribution in [0.25, 0.3) is 0 Å². The van der Waals surface area contributed by atoms with Gasteiger partial charge in [0.15, 0.2) is 0 Å². The Morgan fingerprint density at radius 3 is 1.88 bits per heavy atom. The number of hydrogen-bond acceptors (Lipinski definition) is 4. The van der Waals surface area contributed by atoms with Crippen LogP contribution in [0, 0.1) is 0 Å². The monoisotopic (exact) mass is 262 g/mol. The van der Waals surface area contributed by atoms with E-state index < -0.39 is 7.82 Å². The van der Waals surface area contributed by atoms with Gasteiger partial charge in [-0.05, 0) is 20.3 Å². The zero-order valence-corrected chi connectivity index (χ0v) is 10.9. The summed E-state index contributed by atoms with van der Waals surface area (Å²) in [6.07, 6.45) is 4.35. The molecule has 0 N–H and O–H groups in total. The first kappa shape index (κ1) is 19.4. The molecule has 0 aromatic heterocycles. The summed E-state index contributed by atoms with van der Waals surface area (Å²) >= 11 is 0. The molecular weight excluding hydrogens is 238 g/mol. The molecule has 0 saturated carbocycles. The van der Waals surface area contributed by atoms with Gasteiger partial charge in [0.1, 0.15) is 0 Å². The zero-order chi connectivity index (χ0) is 11.6. The molecule has 0 fully saturated rings. The predicted octanol–water partition coefficient (Wildman–Crippen LogP) is 3.12. The molecule has 0 amide bonds. The van der Waals surface area contributed by atoms with E-state index in [-0.39, 0.29) is 29.6 Å². The molecule has 0 aromatic rings. The Balaban J connectivity index is 0. The molecule has 0 spiro atoms. The third kappa shape index (κ3) is 10.3. The Morgan fingerprint density at radius 1 is 0.875 bits per heavy atom. The Labute approximate surface area is 121 Å². The molecule has 0 aliphatic heterocycles. The van der Waals surface area contributed by atoms with Gasteiger partial charge in [-0.3, -0.25) is 13.6 Å². The van der Waals surface area contributed by atoms with Gasteiger partial charge in [-0.15, -0.1) is 0 Å². The van der Waals surface area contributed by atoms with Gasteiger partial charge in [0.2, 0.25) is 0 Å². The fraction of sp³-hybridized carbons (Fsp3) is 1.00. The number of unbranched alkanes of at least 4 members (excludes halogenated alkanes) is 3. The molecule has 0 unspecified atom stereocenters. The number of rotatable bonds is 10. The van der Waals surface area contributed by atoms with Crippen LogP contribution in [0.1, 0.15) is 46.5 Å². The molecule has 0 heterocycles. The summed E-state index contributed by atoms with van der Waals surface area (Å²) in [5.74, 6) is 0. The fourth-order valence-corrected chi connectivity index (χ4v) is 2.34. The van der Waals surface area contributed by atoms with Crippen molar-refractivity contribution in [3.05, 3.63) is 0 Å². The Kier molecular flexibility index (Phi) is 15.3. The second kappa shape index (κ2) is 12.6. The van der Waals surface area contributed by atoms with Crippen LogP contribution in [-0.4, -0.2) is 49.4 Å². The molecule has 6 heteroatoms. The number of phosphoric ester groups is 1. The van der Waals surface area contributed by atoms with Crippen LogP contribution in [0.15, 0.2) is 0 Å². The molecule has 16 heavy (non-hydrogen) atoms. The van der Waals surface area contributed by atoms with E-state index in [1.54, 1.807) is 13.8 Å². The van der Waals surface area contributed by atoms with Gasteiger partial charge < -0.3 is 0 Å². The van der Waals surface area contributed by atoms with E-state index in [1.807, 2.05) is 0 Å². The topological polar surface area (TPSA) is 44.8 Å². The second-order valence-corrected chi connectivity index (χ2v) is 4.85. The van der Waals surface area contributed by atoms with Gasteiger partial charge in [0.05, 0.1) is 19.8 Å². The van der Waals surface area contributed by atoms with Crippen molar-refractivity contribution in [1.82, 2.24) is 0 Å². The maximum absolute atomic E-state index is 11.8. The van der Waals surface area contributed by atoms with Gasteiger partial charge in [-0.2, -0.15) is 0 Å². The second-order valence-electron chi connectivity index (χ2n) is 3.18. The van der Waals surface area contributed by atoms with Gasteiger partial charge in [0, 0.05) is 0 Å². The van der Waals surface area contributed by atoms with E-state index in [9.17, 15) is 4.57 Å². The number of phosphoric acid groups is 1. The SMILES string of the molecule is CCCCCCOP(=O)(OCC)OCC.[NaH]. The Bertz CT molecular complexity index is 180. The minimum atomic E-state index is -3.27. The van der Waals surface area contributed by atoms with Crippen molar-refractivity contribution in [1.29, 1.82) is 0 Å². The number of hydrogen-bond donors (Lipinski definition) is 0. The summed E-state index contributed by atoms with van der Waals surface area (Å²) in [6, 6.07) is 0. The summed E-state index contributed by atoms with van der Waals surface area (Å²) in [5, 5.41) is 0. The van der Waals surface area contributed by atoms with Crippen molar-refractivity contribution < 1.29 is 18.1 Å². The minimum absolute atomic E-state index is 0. The van der Waals surface area contributed by atoms with E-state index in [0.29, 0.717) is 19.8 Å². The summed E-state index contributed by atoms with van der Waals surface area (Å²) in [7, 11) is -3.27. The molecule has 0 saturated heterocycles. The first-order valence-corrected chi connectivity index (χ1v) is 7.18. The predicted molar refractivity (Wildman–Crippen MR) is 68.1 cm³/mol. The van der Waals surface area contributed by atoms with Crippen LogP contribution < -0.4 is 0 Å². The van der Waals surface area contributed by atoms with E-state index in [0.717, 1.165) is 12.8 Å². The molecule has 0 rings (SSSR count). The van der Waals surface area contributed by atoms with Crippen molar-refractivity contribution in [2.75, 3.05) is 19.8 Å². The van der Waals surface area contributed by atoms with Crippen molar-refractivity contribution >= 4 is 37.4 Å². The van der Waals surface area contributed by atoms with Crippen LogP contribution in [-0.2, 0) is 18.1 Å². The third-order valence-electron chi connectivity index (χ3n) is 1.82. The van der Waals surface area contributed by atoms with Crippen LogP contribution in [0.4, 0.5) is 0 Å². The summed E-state index contributed by atoms with van der Waals surface area (Å²) in [5.41, 5.74) is 0. The van der Waals surface area contributed by atoms with Crippen LogP contribution >= 0.6 is 7.82 Å². The molecule has 0 bridgehead atoms. The van der Waals surface area contributed by atoms with Crippen molar-refractivity contribution in [2.24, 2.45) is 0 Å². The van der Waals surface area contributed by atoms with Crippen molar-refractivity contribution in [3.63, 3.8) is 0 Å². The molecule has 0 radical (unpaired) electrons. The van der Waals surface area contributed by atoms with Crippen LogP contribution in [0.2, 0.25) is 0 Å². The summed E-state index contributed by atoms with van der Waals surface area (Å²) < 4.78 is 26.9. The van der Waals surface area contributed by atoms with E-state index >= 15 is 0 Å². The Morgan fingerprint density at radius 2 is 1.44 bits per heavy atom. The average Bonchev–Trinajstić information content (AvgIpc) is 2.18. The van der Waals surface area contributed by atoms with Crippen molar-refractivity contribution in [3.8, 4) is 0 Å². The molecule has 4 nitrogen and oxygen atoms in total. The Hall–Kier alpha value is 1.11. The third-order valence-corrected chi connectivity index (χ3v) is 3.47. The first-order valence-electron chi connectivity index (χ1n) is 5.72. The van der Waals surface area contributed by atoms with Gasteiger partial charge in [-0.1, -0.05) is 26.2 Å². The molecular formula is C10H24NaO4P. The molecule has 0 aromatic carbocycles. The van der Waals surface area contributed by atoms with E-state index in [4.69, 9.17) is 13.6 Å². The summed E-state index contributed by atoms with van der Waals surface area (Å²) in [6.45, 7) is 6.81. The van der Waals surface area contributed by atoms with Gasteiger partial charge in [-0.25, -0.2) is 4.57 Å². The zero-order valence-electron chi connectivity index (χ0n) is 10.0. The normalized spacial score (nSPS) is 11.2. The fourth-order valence-electron chi connectivity index (χ4n) is 1.13. The summed E-state index contributed by atoms with van der Waals surface area (Å²) in [4.78, 5) is 0. The van der Waals surface area contributed by atoms with Gasteiger partial charge in [0.25, 0.3) is 0 Å². The molecule has 94 valence electrons. The maximum atomic E-state index is 11.8. The van der Waals surface area contributed by atoms with E-state index in [2.05, 4.69) is 6.92 Å². The van der Waals surface area contributed by atoms with Crippen LogP contribution in [0.3, 0.4) is 0 Å². The molecule has 0 atom stereocenters. The standard InChI is InChI=1S/C10H23O4P.Na.H/c1-4-7-8-9-10-14-15(11,12-5-2)13-6-3;;/h4-10H2,1-3H3;;. The van der Waals surface area contributed by atoms with Crippen LogP contribution in [0.5, 0.6) is 0 Å².